The Kier molecular flexibility index (Phi) is 3.55. The topological polar surface area (TPSA) is 78.3 Å². The molecule has 0 radical (unpaired) electrons. The molecule has 0 aliphatic heterocycles. The summed E-state index contributed by atoms with van der Waals surface area (Å²) < 4.78 is 5.22. The van der Waals surface area contributed by atoms with Crippen LogP contribution in [0.3, 0.4) is 0 Å². The maximum Gasteiger partial charge on any atom is 0.339 e. The van der Waals surface area contributed by atoms with E-state index in [4.69, 9.17) is 16.2 Å². The van der Waals surface area contributed by atoms with Gasteiger partial charge >= 0.3 is 5.97 Å². The molecule has 0 aliphatic carbocycles. The minimum Gasteiger partial charge on any atom is -0.441 e. The van der Waals surface area contributed by atoms with Crippen LogP contribution in [0, 0.1) is 5.92 Å². The Balaban J connectivity index is 2.77. The first kappa shape index (κ1) is 12.5. The van der Waals surface area contributed by atoms with Gasteiger partial charge in [-0.1, -0.05) is 13.8 Å². The number of anilines is 1. The van der Waals surface area contributed by atoms with Crippen molar-refractivity contribution in [3.8, 4) is 0 Å². The average Bonchev–Trinajstić information content (AvgIpc) is 2.17. The molecule has 4 heteroatoms. The van der Waals surface area contributed by atoms with E-state index < -0.39 is 11.7 Å². The van der Waals surface area contributed by atoms with Crippen molar-refractivity contribution in [1.29, 1.82) is 0 Å². The number of benzene rings is 1. The molecule has 0 fully saturated rings. The summed E-state index contributed by atoms with van der Waals surface area (Å²) in [6.45, 7) is 5.49. The van der Waals surface area contributed by atoms with E-state index in [0.29, 0.717) is 11.3 Å². The van der Waals surface area contributed by atoms with Crippen molar-refractivity contribution in [2.75, 3.05) is 5.73 Å². The SMILES string of the molecule is CC(C)C(C)(N)OC(=O)c1ccc(N)cc1. The van der Waals surface area contributed by atoms with Crippen LogP contribution in [0.4, 0.5) is 5.69 Å². The van der Waals surface area contributed by atoms with Crippen molar-refractivity contribution >= 4 is 11.7 Å². The quantitative estimate of drug-likeness (QED) is 0.464. The number of esters is 1. The third-order valence-corrected chi connectivity index (χ3v) is 2.61. The molecule has 0 aromatic heterocycles. The normalized spacial score (nSPS) is 14.6. The monoisotopic (exact) mass is 222 g/mol. The summed E-state index contributed by atoms with van der Waals surface area (Å²) in [7, 11) is 0. The van der Waals surface area contributed by atoms with Crippen LogP contribution in [0.25, 0.3) is 0 Å². The Hall–Kier alpha value is -1.55. The van der Waals surface area contributed by atoms with Crippen LogP contribution in [0.15, 0.2) is 24.3 Å². The Bertz CT molecular complexity index is 369. The maximum absolute atomic E-state index is 11.7. The summed E-state index contributed by atoms with van der Waals surface area (Å²) in [5.74, 6) is -0.385. The molecular formula is C12H18N2O2. The fourth-order valence-corrected chi connectivity index (χ4v) is 0.996. The van der Waals surface area contributed by atoms with E-state index in [2.05, 4.69) is 0 Å². The van der Waals surface area contributed by atoms with Gasteiger partial charge in [-0.3, -0.25) is 5.73 Å². The van der Waals surface area contributed by atoms with Gasteiger partial charge in [0.15, 0.2) is 5.72 Å². The first-order chi connectivity index (χ1) is 7.33. The highest BCUT2D eigenvalue weighted by Gasteiger charge is 2.28. The van der Waals surface area contributed by atoms with Gasteiger partial charge in [0.1, 0.15) is 0 Å². The molecule has 0 bridgehead atoms. The number of carbonyl (C=O) groups excluding carboxylic acids is 1. The van der Waals surface area contributed by atoms with Crippen molar-refractivity contribution in [3.05, 3.63) is 29.8 Å². The summed E-state index contributed by atoms with van der Waals surface area (Å²) in [6.07, 6.45) is 0. The van der Waals surface area contributed by atoms with Crippen molar-refractivity contribution in [2.24, 2.45) is 11.7 Å². The molecule has 1 aromatic carbocycles. The van der Waals surface area contributed by atoms with E-state index in [9.17, 15) is 4.79 Å². The van der Waals surface area contributed by atoms with Gasteiger partial charge < -0.3 is 10.5 Å². The number of rotatable bonds is 3. The van der Waals surface area contributed by atoms with Gasteiger partial charge in [0.05, 0.1) is 5.56 Å². The van der Waals surface area contributed by atoms with E-state index >= 15 is 0 Å². The van der Waals surface area contributed by atoms with Gasteiger partial charge in [-0.25, -0.2) is 4.79 Å². The van der Waals surface area contributed by atoms with E-state index in [0.717, 1.165) is 0 Å². The third kappa shape index (κ3) is 2.97. The lowest BCUT2D eigenvalue weighted by Crippen LogP contribution is -2.46. The van der Waals surface area contributed by atoms with E-state index in [1.165, 1.54) is 0 Å². The van der Waals surface area contributed by atoms with Crippen LogP contribution < -0.4 is 11.5 Å². The molecule has 1 atom stereocenters. The Labute approximate surface area is 95.6 Å². The van der Waals surface area contributed by atoms with Crippen molar-refractivity contribution in [2.45, 2.75) is 26.5 Å². The van der Waals surface area contributed by atoms with Crippen molar-refractivity contribution in [1.82, 2.24) is 0 Å². The smallest absolute Gasteiger partial charge is 0.339 e. The average molecular weight is 222 g/mol. The van der Waals surface area contributed by atoms with Crippen LogP contribution >= 0.6 is 0 Å². The first-order valence-corrected chi connectivity index (χ1v) is 5.20. The molecule has 1 aromatic rings. The zero-order chi connectivity index (χ0) is 12.3. The molecule has 16 heavy (non-hydrogen) atoms. The second kappa shape index (κ2) is 4.53. The van der Waals surface area contributed by atoms with Crippen LogP contribution in [-0.4, -0.2) is 11.7 Å². The van der Waals surface area contributed by atoms with Gasteiger partial charge in [-0.15, -0.1) is 0 Å². The van der Waals surface area contributed by atoms with Gasteiger partial charge in [0.2, 0.25) is 0 Å². The fraction of sp³-hybridized carbons (Fsp3) is 0.417. The molecule has 1 rings (SSSR count). The second-order valence-electron chi connectivity index (χ2n) is 4.35. The highest BCUT2D eigenvalue weighted by atomic mass is 16.6. The molecule has 0 saturated heterocycles. The lowest BCUT2D eigenvalue weighted by atomic mass is 10.0. The Morgan fingerprint density at radius 3 is 2.25 bits per heavy atom. The Morgan fingerprint density at radius 2 is 1.81 bits per heavy atom. The summed E-state index contributed by atoms with van der Waals surface area (Å²) in [5, 5.41) is 0. The highest BCUT2D eigenvalue weighted by molar-refractivity contribution is 5.90. The van der Waals surface area contributed by atoms with E-state index in [-0.39, 0.29) is 5.92 Å². The predicted molar refractivity (Wildman–Crippen MR) is 63.7 cm³/mol. The molecule has 4 N–H and O–H groups in total. The number of carbonyl (C=O) groups is 1. The lowest BCUT2D eigenvalue weighted by Gasteiger charge is -2.28. The summed E-state index contributed by atoms with van der Waals surface area (Å²) >= 11 is 0. The molecule has 0 amide bonds. The number of ether oxygens (including phenoxy) is 1. The second-order valence-corrected chi connectivity index (χ2v) is 4.35. The number of nitrogen functional groups attached to an aromatic ring is 1. The minimum atomic E-state index is -0.960. The molecule has 0 spiro atoms. The van der Waals surface area contributed by atoms with Crippen molar-refractivity contribution < 1.29 is 9.53 Å². The summed E-state index contributed by atoms with van der Waals surface area (Å²) in [5.41, 5.74) is 11.5. The number of hydrogen-bond acceptors (Lipinski definition) is 4. The van der Waals surface area contributed by atoms with Gasteiger partial charge in [0.25, 0.3) is 0 Å². The molecule has 0 aliphatic rings. The molecule has 0 heterocycles. The highest BCUT2D eigenvalue weighted by Crippen LogP contribution is 2.17. The van der Waals surface area contributed by atoms with E-state index in [1.54, 1.807) is 31.2 Å². The fourth-order valence-electron chi connectivity index (χ4n) is 0.996. The van der Waals surface area contributed by atoms with Crippen molar-refractivity contribution in [3.63, 3.8) is 0 Å². The zero-order valence-electron chi connectivity index (χ0n) is 9.86. The maximum atomic E-state index is 11.7. The largest absolute Gasteiger partial charge is 0.441 e. The van der Waals surface area contributed by atoms with Gasteiger partial charge in [-0.2, -0.15) is 0 Å². The van der Waals surface area contributed by atoms with Gasteiger partial charge in [0, 0.05) is 11.6 Å². The molecule has 88 valence electrons. The van der Waals surface area contributed by atoms with Crippen LogP contribution in [0.2, 0.25) is 0 Å². The van der Waals surface area contributed by atoms with Gasteiger partial charge in [-0.05, 0) is 31.2 Å². The van der Waals surface area contributed by atoms with Crippen LogP contribution in [-0.2, 0) is 4.74 Å². The third-order valence-electron chi connectivity index (χ3n) is 2.61. The molecule has 1 unspecified atom stereocenters. The number of nitrogens with two attached hydrogens (primary N) is 2. The predicted octanol–water partition coefficient (Wildman–Crippen LogP) is 1.76. The summed E-state index contributed by atoms with van der Waals surface area (Å²) in [6, 6.07) is 6.54. The Morgan fingerprint density at radius 1 is 1.31 bits per heavy atom. The first-order valence-electron chi connectivity index (χ1n) is 5.20. The lowest BCUT2D eigenvalue weighted by molar-refractivity contribution is -0.0292. The minimum absolute atomic E-state index is 0.0465. The number of hydrogen-bond donors (Lipinski definition) is 2. The zero-order valence-corrected chi connectivity index (χ0v) is 9.86. The van der Waals surface area contributed by atoms with E-state index in [1.807, 2.05) is 13.8 Å². The molecular weight excluding hydrogens is 204 g/mol. The summed E-state index contributed by atoms with van der Waals surface area (Å²) in [4.78, 5) is 11.7. The molecule has 0 saturated carbocycles. The van der Waals surface area contributed by atoms with Crippen LogP contribution in [0.1, 0.15) is 31.1 Å². The molecule has 4 nitrogen and oxygen atoms in total. The van der Waals surface area contributed by atoms with Crippen LogP contribution in [0.5, 0.6) is 0 Å². The standard InChI is InChI=1S/C12H18N2O2/c1-8(2)12(3,14)16-11(15)9-4-6-10(13)7-5-9/h4-8H,13-14H2,1-3H3.